The summed E-state index contributed by atoms with van der Waals surface area (Å²) < 4.78 is 6.72. The largest absolute Gasteiger partial charge is 0.396 e. The van der Waals surface area contributed by atoms with Gasteiger partial charge in [-0.25, -0.2) is 0 Å². The minimum absolute atomic E-state index is 0.117. The van der Waals surface area contributed by atoms with Crippen LogP contribution in [-0.4, -0.2) is 89.7 Å². The van der Waals surface area contributed by atoms with E-state index in [1.54, 1.807) is 14.7 Å². The minimum Gasteiger partial charge on any atom is -0.396 e. The number of hydrogen-bond acceptors (Lipinski definition) is 6. The quantitative estimate of drug-likeness (QED) is 0.456. The Balaban J connectivity index is 1.35. The number of rotatable bonds is 9. The van der Waals surface area contributed by atoms with Crippen molar-refractivity contribution in [3.05, 3.63) is 84.5 Å². The number of amides is 3. The average molecular weight is 585 g/mol. The van der Waals surface area contributed by atoms with Gasteiger partial charge in [-0.1, -0.05) is 54.6 Å². The third-order valence-electron chi connectivity index (χ3n) is 9.31. The summed E-state index contributed by atoms with van der Waals surface area (Å²) in [7, 11) is 0. The van der Waals surface area contributed by atoms with Gasteiger partial charge in [0.25, 0.3) is 5.91 Å². The lowest BCUT2D eigenvalue weighted by Gasteiger charge is -2.35. The first-order valence-corrected chi connectivity index (χ1v) is 15.4. The van der Waals surface area contributed by atoms with Crippen LogP contribution in [0.15, 0.2) is 78.9 Å². The van der Waals surface area contributed by atoms with Gasteiger partial charge in [0.05, 0.1) is 17.9 Å². The van der Waals surface area contributed by atoms with Crippen molar-refractivity contribution >= 4 is 29.1 Å². The van der Waals surface area contributed by atoms with Crippen LogP contribution >= 0.6 is 0 Å². The molecule has 6 rings (SSSR count). The van der Waals surface area contributed by atoms with Crippen LogP contribution in [0.4, 0.5) is 11.4 Å². The van der Waals surface area contributed by atoms with E-state index in [9.17, 15) is 19.5 Å². The van der Waals surface area contributed by atoms with Crippen molar-refractivity contribution in [2.45, 2.75) is 44.6 Å². The molecule has 0 saturated carbocycles. The average Bonchev–Trinajstić information content (AvgIpc) is 3.34. The number of fused-ring (bicyclic) bond motifs is 2. The number of nitrogens with zero attached hydrogens (tertiary/aromatic N) is 4. The van der Waals surface area contributed by atoms with Crippen molar-refractivity contribution in [1.29, 1.82) is 0 Å². The molecule has 0 aliphatic carbocycles. The Morgan fingerprint density at radius 2 is 1.67 bits per heavy atom. The summed E-state index contributed by atoms with van der Waals surface area (Å²) in [6.45, 7) is 7.22. The molecule has 2 fully saturated rings. The number of carbonyl (C=O) groups excluding carboxylic acids is 3. The predicted octanol–water partition coefficient (Wildman–Crippen LogP) is 3.00. The second kappa shape index (κ2) is 12.0. The first-order valence-electron chi connectivity index (χ1n) is 15.4. The van der Waals surface area contributed by atoms with Crippen molar-refractivity contribution < 1.29 is 24.2 Å². The third kappa shape index (κ3) is 4.94. The Morgan fingerprint density at radius 1 is 0.930 bits per heavy atom. The summed E-state index contributed by atoms with van der Waals surface area (Å²) in [6.07, 6.45) is 7.27. The summed E-state index contributed by atoms with van der Waals surface area (Å²) in [5, 5.41) is 9.66. The van der Waals surface area contributed by atoms with E-state index < -0.39 is 29.6 Å². The zero-order valence-electron chi connectivity index (χ0n) is 24.8. The fraction of sp³-hybridized carbons (Fsp3) is 0.441. The lowest BCUT2D eigenvalue weighted by Crippen LogP contribution is -2.55. The summed E-state index contributed by atoms with van der Waals surface area (Å²) in [4.78, 5) is 50.2. The first-order chi connectivity index (χ1) is 20.9. The van der Waals surface area contributed by atoms with Crippen LogP contribution < -0.4 is 9.80 Å². The molecule has 43 heavy (non-hydrogen) atoms. The highest BCUT2D eigenvalue weighted by Gasteiger charge is 2.71. The molecule has 3 amide bonds. The van der Waals surface area contributed by atoms with Gasteiger partial charge in [-0.15, -0.1) is 0 Å². The van der Waals surface area contributed by atoms with Gasteiger partial charge >= 0.3 is 0 Å². The van der Waals surface area contributed by atoms with Crippen LogP contribution in [0.3, 0.4) is 0 Å². The highest BCUT2D eigenvalue weighted by molar-refractivity contribution is 6.05. The zero-order valence-corrected chi connectivity index (χ0v) is 24.8. The highest BCUT2D eigenvalue weighted by atomic mass is 16.5. The topological polar surface area (TPSA) is 93.6 Å². The van der Waals surface area contributed by atoms with E-state index in [0.717, 1.165) is 30.0 Å². The molecular weight excluding hydrogens is 544 g/mol. The number of ether oxygens (including phenoxy) is 1. The van der Waals surface area contributed by atoms with E-state index >= 15 is 0 Å². The minimum atomic E-state index is -1.29. The van der Waals surface area contributed by atoms with E-state index in [4.69, 9.17) is 4.74 Å². The second-order valence-corrected chi connectivity index (χ2v) is 11.6. The molecule has 226 valence electrons. The maximum Gasteiger partial charge on any atom is 0.253 e. The summed E-state index contributed by atoms with van der Waals surface area (Å²) >= 11 is 0. The third-order valence-corrected chi connectivity index (χ3v) is 9.31. The Kier molecular flexibility index (Phi) is 8.11. The Bertz CT molecular complexity index is 1410. The zero-order chi connectivity index (χ0) is 30.1. The first kappa shape index (κ1) is 29.1. The molecular formula is C34H40N4O5. The molecule has 5 atom stereocenters. The molecule has 1 N–H and O–H groups in total. The fourth-order valence-corrected chi connectivity index (χ4v) is 7.28. The van der Waals surface area contributed by atoms with E-state index in [2.05, 4.69) is 18.7 Å². The number of aliphatic hydroxyl groups excluding tert-OH is 1. The molecule has 0 bridgehead atoms. The van der Waals surface area contributed by atoms with Gasteiger partial charge in [0.2, 0.25) is 11.8 Å². The second-order valence-electron chi connectivity index (χ2n) is 11.6. The molecule has 2 saturated heterocycles. The standard InChI is InChI=1S/C34H40N4O5/c1-3-35(4-2)25-14-16-26(17-15-25)37-20-9-18-34-29(32(41)38(21-10-22-39)30(34)33(37)42)28-27(43-34)13-8-19-36(31(28)40)23-24-11-6-5-7-12-24/h5-9,11-18,27-30,39H,3-4,10,19-23H2,1-2H3/t27-,28+,29-,30?,34-/m0/s1. The van der Waals surface area contributed by atoms with Crippen LogP contribution in [0, 0.1) is 11.8 Å². The van der Waals surface area contributed by atoms with Crippen molar-refractivity contribution in [3.63, 3.8) is 0 Å². The van der Waals surface area contributed by atoms with Crippen LogP contribution in [0.2, 0.25) is 0 Å². The molecule has 2 aromatic rings. The Hall–Kier alpha value is -3.95. The van der Waals surface area contributed by atoms with Crippen LogP contribution in [0.25, 0.3) is 0 Å². The summed E-state index contributed by atoms with van der Waals surface area (Å²) in [5.41, 5.74) is 1.53. The lowest BCUT2D eigenvalue weighted by atomic mass is 9.77. The normalized spacial score (nSPS) is 28.1. The summed E-state index contributed by atoms with van der Waals surface area (Å²) in [5.74, 6) is -2.27. The fourth-order valence-electron chi connectivity index (χ4n) is 7.28. The van der Waals surface area contributed by atoms with E-state index in [1.165, 1.54) is 0 Å². The molecule has 4 aliphatic rings. The van der Waals surface area contributed by atoms with Crippen molar-refractivity contribution in [2.24, 2.45) is 11.8 Å². The molecule has 1 spiro atoms. The highest BCUT2D eigenvalue weighted by Crippen LogP contribution is 2.53. The van der Waals surface area contributed by atoms with Gasteiger partial charge < -0.3 is 29.4 Å². The van der Waals surface area contributed by atoms with Gasteiger partial charge in [-0.05, 0) is 50.1 Å². The van der Waals surface area contributed by atoms with E-state index in [1.807, 2.05) is 78.9 Å². The number of likely N-dealkylation sites (tertiary alicyclic amines) is 1. The number of benzene rings is 2. The van der Waals surface area contributed by atoms with Crippen molar-refractivity contribution in [2.75, 3.05) is 49.1 Å². The number of anilines is 2. The Morgan fingerprint density at radius 3 is 2.37 bits per heavy atom. The molecule has 0 aromatic heterocycles. The molecule has 0 radical (unpaired) electrons. The summed E-state index contributed by atoms with van der Waals surface area (Å²) in [6, 6.07) is 16.8. The molecule has 4 aliphatic heterocycles. The van der Waals surface area contributed by atoms with E-state index in [0.29, 0.717) is 26.1 Å². The molecule has 9 nitrogen and oxygen atoms in total. The van der Waals surface area contributed by atoms with Crippen LogP contribution in [0.1, 0.15) is 25.8 Å². The number of aliphatic hydroxyl groups is 1. The SMILES string of the molecule is CCN(CC)c1ccc(N2CC=C[C@]34O[C@H]5C=CCN(Cc6ccccc6)C(=O)[C@H]5[C@H]3C(=O)N(CCCO)C4C2=O)cc1. The molecule has 4 heterocycles. The Labute approximate surface area is 253 Å². The van der Waals surface area contributed by atoms with Gasteiger partial charge in [0.1, 0.15) is 11.6 Å². The van der Waals surface area contributed by atoms with Gasteiger partial charge in [-0.3, -0.25) is 14.4 Å². The number of hydrogen-bond donors (Lipinski definition) is 1. The predicted molar refractivity (Wildman–Crippen MR) is 164 cm³/mol. The molecule has 2 aromatic carbocycles. The van der Waals surface area contributed by atoms with Crippen LogP contribution in [-0.2, 0) is 25.7 Å². The smallest absolute Gasteiger partial charge is 0.253 e. The van der Waals surface area contributed by atoms with Crippen molar-refractivity contribution in [1.82, 2.24) is 9.80 Å². The maximum absolute atomic E-state index is 14.5. The number of carbonyl (C=O) groups is 3. The van der Waals surface area contributed by atoms with Gasteiger partial charge in [0, 0.05) is 57.3 Å². The molecule has 9 heteroatoms. The monoisotopic (exact) mass is 584 g/mol. The van der Waals surface area contributed by atoms with Crippen molar-refractivity contribution in [3.8, 4) is 0 Å². The lowest BCUT2D eigenvalue weighted by molar-refractivity contribution is -0.144. The maximum atomic E-state index is 14.5. The van der Waals surface area contributed by atoms with Gasteiger partial charge in [0.15, 0.2) is 0 Å². The van der Waals surface area contributed by atoms with Gasteiger partial charge in [-0.2, -0.15) is 0 Å². The van der Waals surface area contributed by atoms with E-state index in [-0.39, 0.29) is 30.9 Å². The molecule has 1 unspecified atom stereocenters. The van der Waals surface area contributed by atoms with Crippen LogP contribution in [0.5, 0.6) is 0 Å².